The van der Waals surface area contributed by atoms with Gasteiger partial charge >= 0.3 is 6.18 Å². The molecule has 0 unspecified atom stereocenters. The quantitative estimate of drug-likeness (QED) is 0.353. The van der Waals surface area contributed by atoms with Crippen molar-refractivity contribution in [3.05, 3.63) is 41.1 Å². The summed E-state index contributed by atoms with van der Waals surface area (Å²) in [6.45, 7) is 11.8. The van der Waals surface area contributed by atoms with Gasteiger partial charge in [-0.25, -0.2) is 0 Å². The van der Waals surface area contributed by atoms with Crippen molar-refractivity contribution in [2.75, 3.05) is 13.2 Å². The van der Waals surface area contributed by atoms with E-state index in [0.29, 0.717) is 36.6 Å². The largest absolute Gasteiger partial charge is 0.417 e. The van der Waals surface area contributed by atoms with E-state index in [4.69, 9.17) is 4.74 Å². The standard InChI is InChI=1S/C29H40F3N3O2S/c1-19-22(26(36)33-21-10-14-37-15-11-21)17-24(35(19)18-28(5)12-6-7-13-28)20-8-9-25(38-34-27(2,3)4)23(16-20)29(30,31)32/h8-9,16-17,21,34H,6-7,10-15,18H2,1-5H3,(H,33,36). The van der Waals surface area contributed by atoms with Gasteiger partial charge < -0.3 is 14.6 Å². The maximum Gasteiger partial charge on any atom is 0.417 e. The minimum Gasteiger partial charge on any atom is -0.381 e. The predicted octanol–water partition coefficient (Wildman–Crippen LogP) is 7.37. The highest BCUT2D eigenvalue weighted by Gasteiger charge is 2.36. The third-order valence-corrected chi connectivity index (χ3v) is 8.86. The molecule has 0 bridgehead atoms. The Morgan fingerprint density at radius 2 is 1.79 bits per heavy atom. The Labute approximate surface area is 228 Å². The average molecular weight is 552 g/mol. The summed E-state index contributed by atoms with van der Waals surface area (Å²) in [7, 11) is 0. The Balaban J connectivity index is 1.74. The number of carbonyl (C=O) groups excluding carboxylic acids is 1. The van der Waals surface area contributed by atoms with E-state index in [1.807, 2.05) is 27.7 Å². The van der Waals surface area contributed by atoms with E-state index < -0.39 is 11.7 Å². The van der Waals surface area contributed by atoms with Crippen LogP contribution < -0.4 is 10.0 Å². The monoisotopic (exact) mass is 551 g/mol. The van der Waals surface area contributed by atoms with Gasteiger partial charge in [0.2, 0.25) is 0 Å². The first-order valence-electron chi connectivity index (χ1n) is 13.5. The summed E-state index contributed by atoms with van der Waals surface area (Å²) in [6, 6.07) is 6.32. The van der Waals surface area contributed by atoms with Crippen LogP contribution >= 0.6 is 11.9 Å². The maximum atomic E-state index is 14.2. The molecule has 38 heavy (non-hydrogen) atoms. The molecule has 2 aliphatic rings. The summed E-state index contributed by atoms with van der Waals surface area (Å²) >= 11 is 0.996. The summed E-state index contributed by atoms with van der Waals surface area (Å²) in [5, 5.41) is 3.12. The van der Waals surface area contributed by atoms with Gasteiger partial charge in [-0.3, -0.25) is 9.52 Å². The van der Waals surface area contributed by atoms with Crippen LogP contribution in [0, 0.1) is 12.3 Å². The Hall–Kier alpha value is -1.97. The van der Waals surface area contributed by atoms with Crippen molar-refractivity contribution in [1.82, 2.24) is 14.6 Å². The van der Waals surface area contributed by atoms with Gasteiger partial charge in [-0.1, -0.05) is 25.8 Å². The maximum absolute atomic E-state index is 14.2. The lowest BCUT2D eigenvalue weighted by atomic mass is 9.88. The lowest BCUT2D eigenvalue weighted by Gasteiger charge is -2.27. The van der Waals surface area contributed by atoms with Gasteiger partial charge in [0.05, 0.1) is 11.1 Å². The highest BCUT2D eigenvalue weighted by molar-refractivity contribution is 7.97. The number of carbonyl (C=O) groups is 1. The fraction of sp³-hybridized carbons (Fsp3) is 0.621. The molecule has 2 aromatic rings. The zero-order chi connectivity index (χ0) is 27.7. The smallest absolute Gasteiger partial charge is 0.381 e. The van der Waals surface area contributed by atoms with E-state index in [-0.39, 0.29) is 27.8 Å². The van der Waals surface area contributed by atoms with E-state index in [2.05, 4.69) is 21.5 Å². The minimum absolute atomic E-state index is 0.0401. The molecule has 0 radical (unpaired) electrons. The third kappa shape index (κ3) is 6.96. The molecular weight excluding hydrogens is 511 g/mol. The molecule has 210 valence electrons. The number of amides is 1. The number of benzene rings is 1. The molecule has 1 saturated carbocycles. The van der Waals surface area contributed by atoms with Gasteiger partial charge in [0.1, 0.15) is 0 Å². The lowest BCUT2D eigenvalue weighted by molar-refractivity contribution is -0.139. The van der Waals surface area contributed by atoms with Crippen LogP contribution in [0.4, 0.5) is 13.2 Å². The molecule has 1 aromatic carbocycles. The van der Waals surface area contributed by atoms with Crippen LogP contribution in [0.5, 0.6) is 0 Å². The normalized spacial score (nSPS) is 18.6. The number of halogens is 3. The highest BCUT2D eigenvalue weighted by atomic mass is 32.2. The number of alkyl halides is 3. The highest BCUT2D eigenvalue weighted by Crippen LogP contribution is 2.43. The second-order valence-corrected chi connectivity index (χ2v) is 13.0. The van der Waals surface area contributed by atoms with Crippen molar-refractivity contribution in [2.45, 2.75) is 102 Å². The SMILES string of the molecule is Cc1c(C(=O)NC2CCOCC2)cc(-c2ccc(SNC(C)(C)C)c(C(F)(F)F)c2)n1CC1(C)CCCC1. The molecule has 2 heterocycles. The topological polar surface area (TPSA) is 55.3 Å². The van der Waals surface area contributed by atoms with E-state index >= 15 is 0 Å². The zero-order valence-corrected chi connectivity index (χ0v) is 23.9. The molecule has 1 saturated heterocycles. The number of aromatic nitrogens is 1. The number of hydrogen-bond donors (Lipinski definition) is 2. The molecule has 1 aromatic heterocycles. The fourth-order valence-corrected chi connectivity index (χ4v) is 6.24. The summed E-state index contributed by atoms with van der Waals surface area (Å²) < 4.78 is 53.2. The van der Waals surface area contributed by atoms with Gasteiger partial charge in [-0.15, -0.1) is 0 Å². The van der Waals surface area contributed by atoms with Gasteiger partial charge in [0.15, 0.2) is 0 Å². The summed E-state index contributed by atoms with van der Waals surface area (Å²) in [6.07, 6.45) is 1.43. The number of hydrogen-bond acceptors (Lipinski definition) is 4. The summed E-state index contributed by atoms with van der Waals surface area (Å²) in [5.74, 6) is -0.177. The number of ether oxygens (including phenoxy) is 1. The Morgan fingerprint density at radius 3 is 2.39 bits per heavy atom. The molecular formula is C29H40F3N3O2S. The first-order chi connectivity index (χ1) is 17.8. The Kier molecular flexibility index (Phi) is 8.60. The first-order valence-corrected chi connectivity index (χ1v) is 14.3. The summed E-state index contributed by atoms with van der Waals surface area (Å²) in [4.78, 5) is 13.5. The van der Waals surface area contributed by atoms with Crippen LogP contribution in [0.15, 0.2) is 29.2 Å². The lowest BCUT2D eigenvalue weighted by Crippen LogP contribution is -2.39. The van der Waals surface area contributed by atoms with Crippen LogP contribution in [0.2, 0.25) is 0 Å². The fourth-order valence-electron chi connectivity index (χ4n) is 5.40. The number of rotatable bonds is 7. The van der Waals surface area contributed by atoms with E-state index in [9.17, 15) is 18.0 Å². The molecule has 5 nitrogen and oxygen atoms in total. The van der Waals surface area contributed by atoms with Crippen molar-refractivity contribution in [3.63, 3.8) is 0 Å². The number of nitrogens with zero attached hydrogens (tertiary/aromatic N) is 1. The third-order valence-electron chi connectivity index (χ3n) is 7.57. The second-order valence-electron chi connectivity index (χ2n) is 12.2. The zero-order valence-electron chi connectivity index (χ0n) is 23.1. The summed E-state index contributed by atoms with van der Waals surface area (Å²) in [5.41, 5.74) is 1.45. The Morgan fingerprint density at radius 1 is 1.13 bits per heavy atom. The van der Waals surface area contributed by atoms with Crippen molar-refractivity contribution >= 4 is 17.9 Å². The van der Waals surface area contributed by atoms with Crippen LogP contribution in [-0.4, -0.2) is 35.3 Å². The van der Waals surface area contributed by atoms with Crippen LogP contribution in [0.1, 0.15) is 87.8 Å². The van der Waals surface area contributed by atoms with Gasteiger partial charge in [-0.05, 0) is 94.5 Å². The van der Waals surface area contributed by atoms with Crippen molar-refractivity contribution < 1.29 is 22.7 Å². The predicted molar refractivity (Wildman–Crippen MR) is 146 cm³/mol. The molecule has 0 atom stereocenters. The molecule has 9 heteroatoms. The second kappa shape index (κ2) is 11.3. The first kappa shape index (κ1) is 29.0. The minimum atomic E-state index is -4.51. The molecule has 1 aliphatic heterocycles. The van der Waals surface area contributed by atoms with E-state index in [1.54, 1.807) is 12.1 Å². The van der Waals surface area contributed by atoms with Gasteiger partial charge in [-0.2, -0.15) is 13.2 Å². The van der Waals surface area contributed by atoms with Crippen molar-refractivity contribution in [2.24, 2.45) is 5.41 Å². The van der Waals surface area contributed by atoms with E-state index in [1.165, 1.54) is 12.1 Å². The van der Waals surface area contributed by atoms with Gasteiger partial charge in [0, 0.05) is 47.6 Å². The average Bonchev–Trinajstić information content (AvgIpc) is 3.41. The van der Waals surface area contributed by atoms with Crippen LogP contribution in [0.3, 0.4) is 0 Å². The number of nitrogens with one attached hydrogen (secondary N) is 2. The van der Waals surface area contributed by atoms with Gasteiger partial charge in [0.25, 0.3) is 5.91 Å². The van der Waals surface area contributed by atoms with Crippen molar-refractivity contribution in [3.8, 4) is 11.3 Å². The van der Waals surface area contributed by atoms with E-state index in [0.717, 1.165) is 56.2 Å². The van der Waals surface area contributed by atoms with Crippen LogP contribution in [-0.2, 0) is 17.5 Å². The molecule has 0 spiro atoms. The molecule has 4 rings (SSSR count). The Bertz CT molecular complexity index is 1140. The molecule has 2 fully saturated rings. The van der Waals surface area contributed by atoms with Crippen molar-refractivity contribution in [1.29, 1.82) is 0 Å². The molecule has 1 aliphatic carbocycles. The van der Waals surface area contributed by atoms with Crippen LogP contribution in [0.25, 0.3) is 11.3 Å². The molecule has 2 N–H and O–H groups in total. The molecule has 1 amide bonds.